The molecular formula is C41H45N5O5. The molecule has 0 radical (unpaired) electrons. The van der Waals surface area contributed by atoms with Gasteiger partial charge < -0.3 is 30.4 Å². The number of nitrogens with zero attached hydrogens (tertiary/aromatic N) is 1. The van der Waals surface area contributed by atoms with Crippen LogP contribution in [0.4, 0.5) is 10.5 Å². The van der Waals surface area contributed by atoms with Crippen molar-refractivity contribution in [1.29, 1.82) is 0 Å². The van der Waals surface area contributed by atoms with Crippen LogP contribution in [-0.4, -0.2) is 66.3 Å². The molecule has 2 amide bonds. The molecule has 0 bridgehead atoms. The molecule has 1 fully saturated rings. The van der Waals surface area contributed by atoms with Crippen LogP contribution >= 0.6 is 0 Å². The Morgan fingerprint density at radius 2 is 1.63 bits per heavy atom. The summed E-state index contributed by atoms with van der Waals surface area (Å²) < 4.78 is 5.83. The number of hydrogen-bond acceptors (Lipinski definition) is 7. The Bertz CT molecular complexity index is 1990. The standard InChI is InChI=1S/C41H45N5O5/c47-28-43-27-33-26-29(16-21-42-22-17-32-12-14-38(48)40-36(32)13-15-39(49)45-40)10-11-30(33)18-23-46-24-19-34(20-25-46)51-41(50)44-37-9-5-4-8-35(37)31-6-2-1-3-7-31/h1-15,26,28,34,42,48H,16-25,27H2,(H,43,47)(H,44,50)(H,45,49). The third-order valence-electron chi connectivity index (χ3n) is 9.53. The average molecular weight is 688 g/mol. The van der Waals surface area contributed by atoms with Crippen LogP contribution < -0.4 is 21.5 Å². The lowest BCUT2D eigenvalue weighted by molar-refractivity contribution is -0.109. The summed E-state index contributed by atoms with van der Waals surface area (Å²) in [4.78, 5) is 40.8. The number of pyridine rings is 1. The van der Waals surface area contributed by atoms with Crippen molar-refractivity contribution in [2.75, 3.05) is 38.0 Å². The molecule has 1 aliphatic heterocycles. The van der Waals surface area contributed by atoms with E-state index in [1.807, 2.05) is 60.7 Å². The van der Waals surface area contributed by atoms with Crippen LogP contribution in [0.25, 0.3) is 22.0 Å². The topological polar surface area (TPSA) is 136 Å². The average Bonchev–Trinajstić information content (AvgIpc) is 3.15. The van der Waals surface area contributed by atoms with Crippen molar-refractivity contribution in [3.05, 3.63) is 130 Å². The van der Waals surface area contributed by atoms with Gasteiger partial charge >= 0.3 is 6.09 Å². The smallest absolute Gasteiger partial charge is 0.411 e. The number of H-pyrrole nitrogens is 1. The summed E-state index contributed by atoms with van der Waals surface area (Å²) in [5.41, 5.74) is 7.54. The molecule has 1 saturated heterocycles. The van der Waals surface area contributed by atoms with Gasteiger partial charge in [0.05, 0.1) is 11.2 Å². The lowest BCUT2D eigenvalue weighted by Gasteiger charge is -2.31. The molecule has 1 aromatic heterocycles. The van der Waals surface area contributed by atoms with E-state index < -0.39 is 6.09 Å². The number of piperidine rings is 1. The molecule has 0 saturated carbocycles. The van der Waals surface area contributed by atoms with Gasteiger partial charge in [0.1, 0.15) is 11.9 Å². The van der Waals surface area contributed by atoms with Crippen LogP contribution in [0.2, 0.25) is 0 Å². The third-order valence-corrected chi connectivity index (χ3v) is 9.53. The van der Waals surface area contributed by atoms with E-state index in [-0.39, 0.29) is 17.4 Å². The number of aromatic hydroxyl groups is 1. The van der Waals surface area contributed by atoms with E-state index in [4.69, 9.17) is 4.74 Å². The Balaban J connectivity index is 0.945. The van der Waals surface area contributed by atoms with Gasteiger partial charge in [0, 0.05) is 43.2 Å². The fraction of sp³-hybridized carbons (Fsp3) is 0.293. The number of benzene rings is 4. The number of fused-ring (bicyclic) bond motifs is 1. The lowest BCUT2D eigenvalue weighted by Crippen LogP contribution is -2.39. The van der Waals surface area contributed by atoms with Crippen LogP contribution in [-0.2, 0) is 35.3 Å². The monoisotopic (exact) mass is 687 g/mol. The molecule has 4 aromatic carbocycles. The number of likely N-dealkylation sites (tertiary alicyclic amines) is 1. The van der Waals surface area contributed by atoms with Crippen molar-refractivity contribution in [3.8, 4) is 16.9 Å². The Kier molecular flexibility index (Phi) is 12.1. The molecule has 10 heteroatoms. The van der Waals surface area contributed by atoms with Gasteiger partial charge in [0.15, 0.2) is 0 Å². The maximum atomic E-state index is 12.8. The Labute approximate surface area is 297 Å². The number of anilines is 1. The van der Waals surface area contributed by atoms with Gasteiger partial charge in [-0.2, -0.15) is 0 Å². The number of hydrogen-bond donors (Lipinski definition) is 5. The van der Waals surface area contributed by atoms with Crippen LogP contribution in [0.3, 0.4) is 0 Å². The van der Waals surface area contributed by atoms with Crippen LogP contribution in [0.15, 0.2) is 102 Å². The fourth-order valence-corrected chi connectivity index (χ4v) is 6.77. The largest absolute Gasteiger partial charge is 0.506 e. The third kappa shape index (κ3) is 9.62. The fourth-order valence-electron chi connectivity index (χ4n) is 6.77. The number of phenols is 1. The second kappa shape index (κ2) is 17.5. The molecule has 0 aliphatic carbocycles. The maximum Gasteiger partial charge on any atom is 0.411 e. The summed E-state index contributed by atoms with van der Waals surface area (Å²) in [5.74, 6) is 0.0700. The summed E-state index contributed by atoms with van der Waals surface area (Å²) in [5, 5.41) is 20.3. The molecule has 264 valence electrons. The lowest BCUT2D eigenvalue weighted by atomic mass is 9.99. The predicted molar refractivity (Wildman–Crippen MR) is 201 cm³/mol. The number of rotatable bonds is 15. The minimum Gasteiger partial charge on any atom is -0.506 e. The zero-order chi connectivity index (χ0) is 35.4. The summed E-state index contributed by atoms with van der Waals surface area (Å²) >= 11 is 0. The molecule has 1 aliphatic rings. The normalized spacial score (nSPS) is 13.6. The van der Waals surface area contributed by atoms with Gasteiger partial charge in [-0.15, -0.1) is 0 Å². The molecule has 10 nitrogen and oxygen atoms in total. The van der Waals surface area contributed by atoms with Crippen LogP contribution in [0.5, 0.6) is 5.75 Å². The van der Waals surface area contributed by atoms with Gasteiger partial charge in [-0.25, -0.2) is 4.79 Å². The first-order chi connectivity index (χ1) is 25.0. The van der Waals surface area contributed by atoms with Gasteiger partial charge in [0.2, 0.25) is 12.0 Å². The first-order valence-corrected chi connectivity index (χ1v) is 17.6. The Morgan fingerprint density at radius 3 is 2.45 bits per heavy atom. The number of carbonyl (C=O) groups excluding carboxylic acids is 2. The Hall–Kier alpha value is -5.45. The van der Waals surface area contributed by atoms with E-state index >= 15 is 0 Å². The number of aromatic amines is 1. The summed E-state index contributed by atoms with van der Waals surface area (Å²) in [6, 6.07) is 31.0. The maximum absolute atomic E-state index is 12.8. The van der Waals surface area contributed by atoms with E-state index in [0.717, 1.165) is 105 Å². The highest BCUT2D eigenvalue weighted by molar-refractivity contribution is 5.91. The van der Waals surface area contributed by atoms with Crippen LogP contribution in [0, 0.1) is 0 Å². The van der Waals surface area contributed by atoms with Crippen molar-refractivity contribution in [3.63, 3.8) is 0 Å². The van der Waals surface area contributed by atoms with Crippen molar-refractivity contribution >= 4 is 29.1 Å². The van der Waals surface area contributed by atoms with E-state index in [9.17, 15) is 19.5 Å². The summed E-state index contributed by atoms with van der Waals surface area (Å²) in [6.07, 6.45) is 4.21. The molecule has 2 heterocycles. The number of nitrogens with one attached hydrogen (secondary N) is 4. The molecule has 51 heavy (non-hydrogen) atoms. The zero-order valence-electron chi connectivity index (χ0n) is 28.7. The first-order valence-electron chi connectivity index (χ1n) is 17.6. The van der Waals surface area contributed by atoms with Gasteiger partial charge in [0.25, 0.3) is 0 Å². The van der Waals surface area contributed by atoms with E-state index in [2.05, 4.69) is 44.0 Å². The number of carbonyl (C=O) groups is 2. The van der Waals surface area contributed by atoms with Gasteiger partial charge in [-0.1, -0.05) is 72.8 Å². The van der Waals surface area contributed by atoms with Crippen molar-refractivity contribution in [2.24, 2.45) is 0 Å². The highest BCUT2D eigenvalue weighted by atomic mass is 16.6. The highest BCUT2D eigenvalue weighted by Gasteiger charge is 2.23. The van der Waals surface area contributed by atoms with E-state index in [0.29, 0.717) is 12.1 Å². The molecule has 0 atom stereocenters. The highest BCUT2D eigenvalue weighted by Crippen LogP contribution is 2.28. The van der Waals surface area contributed by atoms with Crippen molar-refractivity contribution in [2.45, 2.75) is 44.8 Å². The first kappa shape index (κ1) is 35.4. The summed E-state index contributed by atoms with van der Waals surface area (Å²) in [7, 11) is 0. The molecule has 0 spiro atoms. The van der Waals surface area contributed by atoms with Gasteiger partial charge in [-0.05, 0) is 91.2 Å². The molecule has 5 aromatic rings. The number of amides is 2. The predicted octanol–water partition coefficient (Wildman–Crippen LogP) is 5.78. The zero-order valence-corrected chi connectivity index (χ0v) is 28.7. The number of ether oxygens (including phenoxy) is 1. The molecule has 6 rings (SSSR count). The van der Waals surface area contributed by atoms with E-state index in [1.54, 1.807) is 12.1 Å². The van der Waals surface area contributed by atoms with Crippen molar-refractivity contribution in [1.82, 2.24) is 20.5 Å². The molecular weight excluding hydrogens is 642 g/mol. The minimum atomic E-state index is -0.427. The van der Waals surface area contributed by atoms with E-state index in [1.165, 1.54) is 17.2 Å². The number of para-hydroxylation sites is 1. The number of phenolic OH excluding ortho intramolecular Hbond substituents is 1. The molecule has 5 N–H and O–H groups in total. The van der Waals surface area contributed by atoms with Crippen molar-refractivity contribution < 1.29 is 19.4 Å². The van der Waals surface area contributed by atoms with Gasteiger partial charge in [-0.3, -0.25) is 14.9 Å². The SMILES string of the molecule is O=CNCc1cc(CCNCCc2ccc(O)c3[nH]c(=O)ccc23)ccc1CCN1CCC(OC(=O)Nc2ccccc2-c2ccccc2)CC1. The molecule has 0 unspecified atom stereocenters. The second-order valence-electron chi connectivity index (χ2n) is 12.9. The Morgan fingerprint density at radius 1 is 0.863 bits per heavy atom. The van der Waals surface area contributed by atoms with Crippen LogP contribution in [0.1, 0.15) is 35.1 Å². The quantitative estimate of drug-likeness (QED) is 0.0696. The summed E-state index contributed by atoms with van der Waals surface area (Å²) in [6.45, 7) is 4.61. The second-order valence-corrected chi connectivity index (χ2v) is 12.9. The minimum absolute atomic E-state index is 0.0700. The number of aromatic nitrogens is 1.